The van der Waals surface area contributed by atoms with Crippen molar-refractivity contribution in [2.75, 3.05) is 0 Å². The minimum atomic E-state index is -0.641. The van der Waals surface area contributed by atoms with E-state index in [0.717, 1.165) is 11.1 Å². The lowest BCUT2D eigenvalue weighted by molar-refractivity contribution is 0.292. The predicted octanol–water partition coefficient (Wildman–Crippen LogP) is 5.57. The molecule has 0 fully saturated rings. The van der Waals surface area contributed by atoms with Crippen LogP contribution in [0.2, 0.25) is 0 Å². The second-order valence-electron chi connectivity index (χ2n) is 6.25. The summed E-state index contributed by atoms with van der Waals surface area (Å²) in [4.78, 5) is 4.45. The summed E-state index contributed by atoms with van der Waals surface area (Å²) in [6.07, 6.45) is 0. The average molecular weight is 378 g/mol. The fourth-order valence-corrected chi connectivity index (χ4v) is 2.81. The zero-order valence-electron chi connectivity index (χ0n) is 15.0. The van der Waals surface area contributed by atoms with Gasteiger partial charge in [-0.05, 0) is 42.8 Å². The van der Waals surface area contributed by atoms with Crippen LogP contribution >= 0.6 is 0 Å². The highest BCUT2D eigenvalue weighted by Crippen LogP contribution is 2.27. The molecule has 0 atom stereocenters. The molecule has 3 aromatic carbocycles. The molecule has 0 bridgehead atoms. The molecule has 0 aliphatic heterocycles. The second kappa shape index (κ2) is 7.60. The molecule has 0 amide bonds. The van der Waals surface area contributed by atoms with Crippen molar-refractivity contribution >= 4 is 0 Å². The number of aromatic nitrogens is 2. The van der Waals surface area contributed by atoms with Crippen molar-refractivity contribution in [1.29, 1.82) is 0 Å². The number of rotatable bonds is 5. The van der Waals surface area contributed by atoms with Crippen LogP contribution in [-0.2, 0) is 6.61 Å². The largest absolute Gasteiger partial charge is 0.489 e. The predicted molar refractivity (Wildman–Crippen MR) is 101 cm³/mol. The van der Waals surface area contributed by atoms with Crippen molar-refractivity contribution in [3.8, 4) is 28.6 Å². The Kier molecular flexibility index (Phi) is 4.85. The summed E-state index contributed by atoms with van der Waals surface area (Å²) < 4.78 is 38.4. The Hall–Kier alpha value is -3.54. The monoisotopic (exact) mass is 378 g/mol. The number of halogens is 2. The molecule has 0 saturated heterocycles. The van der Waals surface area contributed by atoms with E-state index in [1.54, 1.807) is 18.2 Å². The van der Waals surface area contributed by atoms with E-state index < -0.39 is 11.6 Å². The molecule has 4 aromatic rings. The Morgan fingerprint density at radius 2 is 1.68 bits per heavy atom. The van der Waals surface area contributed by atoms with Crippen LogP contribution in [0.4, 0.5) is 8.78 Å². The number of ether oxygens (including phenoxy) is 1. The zero-order chi connectivity index (χ0) is 19.5. The minimum Gasteiger partial charge on any atom is -0.489 e. The van der Waals surface area contributed by atoms with Gasteiger partial charge in [-0.3, -0.25) is 0 Å². The zero-order valence-corrected chi connectivity index (χ0v) is 15.0. The van der Waals surface area contributed by atoms with Gasteiger partial charge < -0.3 is 9.26 Å². The van der Waals surface area contributed by atoms with Gasteiger partial charge in [0, 0.05) is 11.1 Å². The summed E-state index contributed by atoms with van der Waals surface area (Å²) in [5.74, 6) is -0.00888. The van der Waals surface area contributed by atoms with Crippen molar-refractivity contribution in [3.63, 3.8) is 0 Å². The molecule has 0 aliphatic rings. The number of hydrogen-bond acceptors (Lipinski definition) is 4. The number of benzene rings is 3. The molecule has 4 rings (SSSR count). The lowest BCUT2D eigenvalue weighted by Crippen LogP contribution is -2.01. The fraction of sp³-hybridized carbons (Fsp3) is 0.0909. The van der Waals surface area contributed by atoms with E-state index in [1.807, 2.05) is 37.3 Å². The molecule has 1 heterocycles. The molecule has 0 aliphatic carbocycles. The van der Waals surface area contributed by atoms with Gasteiger partial charge in [-0.15, -0.1) is 0 Å². The van der Waals surface area contributed by atoms with E-state index in [9.17, 15) is 8.78 Å². The summed E-state index contributed by atoms with van der Waals surface area (Å²) in [5.41, 5.74) is 2.45. The highest BCUT2D eigenvalue weighted by Gasteiger charge is 2.13. The summed E-state index contributed by atoms with van der Waals surface area (Å²) in [6, 6.07) is 18.4. The third kappa shape index (κ3) is 3.62. The molecule has 6 heteroatoms. The van der Waals surface area contributed by atoms with E-state index >= 15 is 0 Å². The molecule has 0 N–H and O–H groups in total. The molecule has 0 spiro atoms. The SMILES string of the molecule is Cc1ccccc1-c1nc(-c2cccc(OCc3c(F)cccc3F)c2)no1. The topological polar surface area (TPSA) is 48.2 Å². The first-order valence-electron chi connectivity index (χ1n) is 8.67. The van der Waals surface area contributed by atoms with Gasteiger partial charge in [-0.2, -0.15) is 4.98 Å². The van der Waals surface area contributed by atoms with Crippen LogP contribution in [0.15, 0.2) is 71.3 Å². The van der Waals surface area contributed by atoms with Crippen molar-refractivity contribution in [1.82, 2.24) is 10.1 Å². The average Bonchev–Trinajstić information content (AvgIpc) is 3.18. The van der Waals surface area contributed by atoms with Crippen LogP contribution < -0.4 is 4.74 Å². The molecular weight excluding hydrogens is 362 g/mol. The summed E-state index contributed by atoms with van der Waals surface area (Å²) in [7, 11) is 0. The highest BCUT2D eigenvalue weighted by atomic mass is 19.1. The van der Waals surface area contributed by atoms with E-state index in [-0.39, 0.29) is 12.2 Å². The third-order valence-corrected chi connectivity index (χ3v) is 4.34. The molecule has 28 heavy (non-hydrogen) atoms. The third-order valence-electron chi connectivity index (χ3n) is 4.34. The van der Waals surface area contributed by atoms with Crippen LogP contribution in [-0.4, -0.2) is 10.1 Å². The molecule has 4 nitrogen and oxygen atoms in total. The highest BCUT2D eigenvalue weighted by molar-refractivity contribution is 5.63. The van der Waals surface area contributed by atoms with Gasteiger partial charge in [-0.25, -0.2) is 8.78 Å². The molecular formula is C22H16F2N2O2. The van der Waals surface area contributed by atoms with Gasteiger partial charge in [-0.1, -0.05) is 41.6 Å². The quantitative estimate of drug-likeness (QED) is 0.456. The molecule has 0 saturated carbocycles. The van der Waals surface area contributed by atoms with Gasteiger partial charge >= 0.3 is 0 Å². The Balaban J connectivity index is 1.55. The normalized spacial score (nSPS) is 10.8. The Morgan fingerprint density at radius 3 is 2.46 bits per heavy atom. The van der Waals surface area contributed by atoms with Crippen LogP contribution in [0.1, 0.15) is 11.1 Å². The van der Waals surface area contributed by atoms with Gasteiger partial charge in [0.2, 0.25) is 5.82 Å². The summed E-state index contributed by atoms with van der Waals surface area (Å²) in [6.45, 7) is 1.75. The molecule has 0 unspecified atom stereocenters. The second-order valence-corrected chi connectivity index (χ2v) is 6.25. The van der Waals surface area contributed by atoms with Crippen LogP contribution in [0.5, 0.6) is 5.75 Å². The van der Waals surface area contributed by atoms with Crippen LogP contribution in [0.25, 0.3) is 22.8 Å². The fourth-order valence-electron chi connectivity index (χ4n) is 2.81. The Bertz CT molecular complexity index is 1100. The first-order chi connectivity index (χ1) is 13.6. The van der Waals surface area contributed by atoms with Crippen molar-refractivity contribution in [2.45, 2.75) is 13.5 Å². The number of aryl methyl sites for hydroxylation is 1. The number of nitrogens with zero attached hydrogens (tertiary/aromatic N) is 2. The molecule has 140 valence electrons. The van der Waals surface area contributed by atoms with Gasteiger partial charge in [0.05, 0.1) is 5.56 Å². The van der Waals surface area contributed by atoms with Crippen molar-refractivity contribution in [3.05, 3.63) is 89.5 Å². The Labute approximate surface area is 160 Å². The van der Waals surface area contributed by atoms with Crippen LogP contribution in [0.3, 0.4) is 0 Å². The molecule has 0 radical (unpaired) electrons. The van der Waals surface area contributed by atoms with Crippen molar-refractivity contribution in [2.24, 2.45) is 0 Å². The maximum Gasteiger partial charge on any atom is 0.258 e. The molecule has 1 aromatic heterocycles. The van der Waals surface area contributed by atoms with Gasteiger partial charge in [0.15, 0.2) is 0 Å². The standard InChI is InChI=1S/C22H16F2N2O2/c1-14-6-2-3-9-17(14)22-25-21(26-28-22)15-7-4-8-16(12-15)27-13-18-19(23)10-5-11-20(18)24/h2-12H,13H2,1H3. The minimum absolute atomic E-state index is 0.116. The maximum absolute atomic E-state index is 13.7. The first-order valence-corrected chi connectivity index (χ1v) is 8.67. The number of hydrogen-bond donors (Lipinski definition) is 0. The summed E-state index contributed by atoms with van der Waals surface area (Å²) >= 11 is 0. The van der Waals surface area contributed by atoms with Gasteiger partial charge in [0.25, 0.3) is 5.89 Å². The van der Waals surface area contributed by atoms with E-state index in [1.165, 1.54) is 18.2 Å². The van der Waals surface area contributed by atoms with Crippen molar-refractivity contribution < 1.29 is 18.0 Å². The van der Waals surface area contributed by atoms with E-state index in [2.05, 4.69) is 10.1 Å². The van der Waals surface area contributed by atoms with Crippen LogP contribution in [0, 0.1) is 18.6 Å². The smallest absolute Gasteiger partial charge is 0.258 e. The first kappa shape index (κ1) is 17.9. The summed E-state index contributed by atoms with van der Waals surface area (Å²) in [5, 5.41) is 4.03. The van der Waals surface area contributed by atoms with E-state index in [4.69, 9.17) is 9.26 Å². The van der Waals surface area contributed by atoms with E-state index in [0.29, 0.717) is 23.0 Å². The lowest BCUT2D eigenvalue weighted by Gasteiger charge is -2.08. The lowest BCUT2D eigenvalue weighted by atomic mass is 10.1. The Morgan fingerprint density at radius 1 is 0.929 bits per heavy atom. The maximum atomic E-state index is 13.7. The van der Waals surface area contributed by atoms with Gasteiger partial charge in [0.1, 0.15) is 24.0 Å².